The topological polar surface area (TPSA) is 78.6 Å². The zero-order chi connectivity index (χ0) is 19.7. The summed E-state index contributed by atoms with van der Waals surface area (Å²) in [5.41, 5.74) is 1.32. The predicted molar refractivity (Wildman–Crippen MR) is 100 cm³/mol. The van der Waals surface area contributed by atoms with Crippen LogP contribution in [0.1, 0.15) is 22.7 Å². The molecular weight excluding hydrogens is 358 g/mol. The molecule has 0 aliphatic heterocycles. The van der Waals surface area contributed by atoms with Gasteiger partial charge in [0.25, 0.3) is 0 Å². The zero-order valence-corrected chi connectivity index (χ0v) is 15.5. The number of esters is 2. The third-order valence-electron chi connectivity index (χ3n) is 5.31. The molecule has 1 unspecified atom stereocenters. The third kappa shape index (κ3) is 2.52. The number of benzene rings is 2. The van der Waals surface area contributed by atoms with E-state index in [1.54, 1.807) is 0 Å². The molecule has 1 aromatic heterocycles. The highest BCUT2D eigenvalue weighted by molar-refractivity contribution is 6.03. The largest absolute Gasteiger partial charge is 0.468 e. The van der Waals surface area contributed by atoms with Crippen LogP contribution in [0.25, 0.3) is 11.3 Å². The molecule has 0 N–H and O–H groups in total. The highest BCUT2D eigenvalue weighted by atomic mass is 16.5. The molecule has 0 saturated carbocycles. The molecule has 1 aliphatic carbocycles. The summed E-state index contributed by atoms with van der Waals surface area (Å²) in [5.74, 6) is -1.41. The molecule has 0 radical (unpaired) electrons. The summed E-state index contributed by atoms with van der Waals surface area (Å²) in [5, 5.41) is 4.27. The molecule has 0 spiro atoms. The molecule has 1 atom stereocenters. The number of nitrogens with zero attached hydrogens (tertiary/aromatic N) is 1. The van der Waals surface area contributed by atoms with Crippen molar-refractivity contribution in [2.24, 2.45) is 5.41 Å². The quantitative estimate of drug-likeness (QED) is 0.512. The minimum Gasteiger partial charge on any atom is -0.468 e. The Kier molecular flexibility index (Phi) is 4.47. The lowest BCUT2D eigenvalue weighted by Gasteiger charge is -2.30. The van der Waals surface area contributed by atoms with Gasteiger partial charge in [-0.15, -0.1) is 0 Å². The number of ether oxygens (including phenoxy) is 2. The highest BCUT2D eigenvalue weighted by Gasteiger charge is 2.62. The number of hydrogen-bond donors (Lipinski definition) is 0. The molecule has 2 aromatic carbocycles. The van der Waals surface area contributed by atoms with E-state index in [1.165, 1.54) is 14.2 Å². The van der Waals surface area contributed by atoms with Gasteiger partial charge < -0.3 is 14.0 Å². The summed E-state index contributed by atoms with van der Waals surface area (Å²) in [4.78, 5) is 25.9. The van der Waals surface area contributed by atoms with Crippen LogP contribution in [0.2, 0.25) is 0 Å². The van der Waals surface area contributed by atoms with Gasteiger partial charge in [0.1, 0.15) is 0 Å². The van der Waals surface area contributed by atoms with Crippen molar-refractivity contribution in [3.05, 3.63) is 77.5 Å². The Hall–Kier alpha value is -3.41. The van der Waals surface area contributed by atoms with Gasteiger partial charge in [-0.3, -0.25) is 9.59 Å². The molecule has 0 amide bonds. The molecule has 6 nitrogen and oxygen atoms in total. The second kappa shape index (κ2) is 6.96. The molecule has 142 valence electrons. The molecule has 1 aliphatic rings. The van der Waals surface area contributed by atoms with Crippen LogP contribution in [0.15, 0.2) is 65.2 Å². The summed E-state index contributed by atoms with van der Waals surface area (Å²) in [6, 6.07) is 18.8. The van der Waals surface area contributed by atoms with E-state index in [0.29, 0.717) is 11.5 Å². The van der Waals surface area contributed by atoms with E-state index >= 15 is 0 Å². The maximum atomic E-state index is 13.0. The van der Waals surface area contributed by atoms with Crippen LogP contribution in [0.3, 0.4) is 0 Å². The number of carbonyl (C=O) groups is 2. The fourth-order valence-corrected chi connectivity index (χ4v) is 4.07. The van der Waals surface area contributed by atoms with Crippen molar-refractivity contribution in [3.63, 3.8) is 0 Å². The molecule has 1 heterocycles. The number of fused-ring (bicyclic) bond motifs is 1. The van der Waals surface area contributed by atoms with E-state index in [0.717, 1.165) is 16.7 Å². The normalized spacial score (nSPS) is 17.0. The molecule has 0 bridgehead atoms. The highest BCUT2D eigenvalue weighted by Crippen LogP contribution is 2.54. The van der Waals surface area contributed by atoms with E-state index in [1.807, 2.05) is 60.7 Å². The Morgan fingerprint density at radius 3 is 2.11 bits per heavy atom. The second-order valence-electron chi connectivity index (χ2n) is 6.72. The van der Waals surface area contributed by atoms with E-state index in [2.05, 4.69) is 5.16 Å². The maximum Gasteiger partial charge on any atom is 0.324 e. The first kappa shape index (κ1) is 18.0. The van der Waals surface area contributed by atoms with Crippen molar-refractivity contribution in [3.8, 4) is 11.3 Å². The minimum atomic E-state index is -1.55. The molecule has 3 aromatic rings. The standard InChI is InChI=1S/C22H19NO5/c1-26-20(24)22(21(25)27-2)13-16-18(17(22)14-9-5-3-6-10-14)23-28-19(16)15-11-7-4-8-12-15/h3-12,17H,13H2,1-2H3. The maximum absolute atomic E-state index is 13.0. The van der Waals surface area contributed by atoms with Gasteiger partial charge in [0.05, 0.1) is 25.8 Å². The van der Waals surface area contributed by atoms with Crippen LogP contribution in [0, 0.1) is 5.41 Å². The monoisotopic (exact) mass is 377 g/mol. The summed E-state index contributed by atoms with van der Waals surface area (Å²) in [6.07, 6.45) is 0.0922. The van der Waals surface area contributed by atoms with Crippen molar-refractivity contribution in [2.45, 2.75) is 12.3 Å². The van der Waals surface area contributed by atoms with Gasteiger partial charge in [-0.05, 0) is 5.56 Å². The molecule has 6 heteroatoms. The van der Waals surface area contributed by atoms with Crippen molar-refractivity contribution in [2.75, 3.05) is 14.2 Å². The predicted octanol–water partition coefficient (Wildman–Crippen LogP) is 3.36. The number of aromatic nitrogens is 1. The van der Waals surface area contributed by atoms with Gasteiger partial charge in [-0.2, -0.15) is 0 Å². The van der Waals surface area contributed by atoms with Crippen LogP contribution in [0.5, 0.6) is 0 Å². The van der Waals surface area contributed by atoms with Crippen LogP contribution in [0.4, 0.5) is 0 Å². The summed E-state index contributed by atoms with van der Waals surface area (Å²) < 4.78 is 15.8. The molecule has 28 heavy (non-hydrogen) atoms. The average Bonchev–Trinajstić information content (AvgIpc) is 3.31. The Bertz CT molecular complexity index is 994. The van der Waals surface area contributed by atoms with E-state index in [4.69, 9.17) is 14.0 Å². The van der Waals surface area contributed by atoms with Crippen molar-refractivity contribution >= 4 is 11.9 Å². The first-order valence-corrected chi connectivity index (χ1v) is 8.89. The molecule has 4 rings (SSSR count). The minimum absolute atomic E-state index is 0.0922. The molecular formula is C22H19NO5. The molecule has 0 saturated heterocycles. The summed E-state index contributed by atoms with van der Waals surface area (Å²) >= 11 is 0. The Labute approximate surface area is 162 Å². The summed E-state index contributed by atoms with van der Waals surface area (Å²) in [6.45, 7) is 0. The Balaban J connectivity index is 1.96. The van der Waals surface area contributed by atoms with Crippen molar-refractivity contribution in [1.29, 1.82) is 0 Å². The second-order valence-corrected chi connectivity index (χ2v) is 6.72. The van der Waals surface area contributed by atoms with Crippen LogP contribution in [-0.2, 0) is 25.5 Å². The fourth-order valence-electron chi connectivity index (χ4n) is 4.07. The smallest absolute Gasteiger partial charge is 0.324 e. The lowest BCUT2D eigenvalue weighted by atomic mass is 9.73. The first-order chi connectivity index (χ1) is 13.6. The summed E-state index contributed by atoms with van der Waals surface area (Å²) in [7, 11) is 2.54. The van der Waals surface area contributed by atoms with Gasteiger partial charge in [0.2, 0.25) is 0 Å². The van der Waals surface area contributed by atoms with E-state index < -0.39 is 23.3 Å². The number of hydrogen-bond acceptors (Lipinski definition) is 6. The SMILES string of the molecule is COC(=O)C1(C(=O)OC)Cc2c(noc2-c2ccccc2)C1c1ccccc1. The average molecular weight is 377 g/mol. The number of rotatable bonds is 4. The van der Waals surface area contributed by atoms with Gasteiger partial charge in [0.15, 0.2) is 11.2 Å². The number of methoxy groups -OCH3 is 2. The van der Waals surface area contributed by atoms with Crippen molar-refractivity contribution in [1.82, 2.24) is 5.16 Å². The Morgan fingerprint density at radius 1 is 0.964 bits per heavy atom. The van der Waals surface area contributed by atoms with Gasteiger partial charge in [-0.1, -0.05) is 65.8 Å². The number of carbonyl (C=O) groups excluding carboxylic acids is 2. The van der Waals surface area contributed by atoms with Crippen LogP contribution < -0.4 is 0 Å². The van der Waals surface area contributed by atoms with E-state index in [-0.39, 0.29) is 6.42 Å². The third-order valence-corrected chi connectivity index (χ3v) is 5.31. The zero-order valence-electron chi connectivity index (χ0n) is 15.5. The van der Waals surface area contributed by atoms with Crippen LogP contribution in [-0.4, -0.2) is 31.3 Å². The lowest BCUT2D eigenvalue weighted by molar-refractivity contribution is -0.169. The van der Waals surface area contributed by atoms with Gasteiger partial charge >= 0.3 is 11.9 Å². The van der Waals surface area contributed by atoms with Gasteiger partial charge in [-0.25, -0.2) is 0 Å². The fraction of sp³-hybridized carbons (Fsp3) is 0.227. The van der Waals surface area contributed by atoms with E-state index in [9.17, 15) is 9.59 Å². The lowest BCUT2D eigenvalue weighted by Crippen LogP contribution is -2.45. The Morgan fingerprint density at radius 2 is 1.54 bits per heavy atom. The van der Waals surface area contributed by atoms with Crippen molar-refractivity contribution < 1.29 is 23.6 Å². The van der Waals surface area contributed by atoms with Gasteiger partial charge in [0, 0.05) is 17.5 Å². The molecule has 0 fully saturated rings. The first-order valence-electron chi connectivity index (χ1n) is 8.89. The van der Waals surface area contributed by atoms with Crippen LogP contribution >= 0.6 is 0 Å².